The third-order valence-corrected chi connectivity index (χ3v) is 6.62. The summed E-state index contributed by atoms with van der Waals surface area (Å²) in [5.74, 6) is -1.00. The lowest BCUT2D eigenvalue weighted by molar-refractivity contribution is -0.154. The van der Waals surface area contributed by atoms with Gasteiger partial charge in [0.15, 0.2) is 6.04 Å². The van der Waals surface area contributed by atoms with E-state index in [-0.39, 0.29) is 32.1 Å². The first kappa shape index (κ1) is 26.2. The number of aliphatic hydroxyl groups excluding tert-OH is 1. The minimum Gasteiger partial charge on any atom is -0.464 e. The van der Waals surface area contributed by atoms with Crippen molar-refractivity contribution in [3.63, 3.8) is 0 Å². The minimum atomic E-state index is -1.28. The van der Waals surface area contributed by atoms with Crippen LogP contribution in [0.15, 0.2) is 59.7 Å². The number of nitrogens with zero attached hydrogens (tertiary/aromatic N) is 3. The number of amides is 1. The Hall–Kier alpha value is -4.44. The van der Waals surface area contributed by atoms with Crippen molar-refractivity contribution >= 4 is 45.7 Å². The van der Waals surface area contributed by atoms with E-state index in [4.69, 9.17) is 14.2 Å². The van der Waals surface area contributed by atoms with Gasteiger partial charge in [0, 0.05) is 17.0 Å². The van der Waals surface area contributed by atoms with E-state index >= 15 is 0 Å². The first-order valence-corrected chi connectivity index (χ1v) is 12.8. The second-order valence-electron chi connectivity index (χ2n) is 9.21. The van der Waals surface area contributed by atoms with Crippen molar-refractivity contribution in [3.05, 3.63) is 65.7 Å². The molecule has 1 N–H and O–H groups in total. The molecule has 0 aliphatic carbocycles. The van der Waals surface area contributed by atoms with Crippen LogP contribution >= 0.6 is 0 Å². The molecule has 0 radical (unpaired) electrons. The maximum absolute atomic E-state index is 13.6. The number of ether oxygens (including phenoxy) is 3. The topological polar surface area (TPSA) is 118 Å². The van der Waals surface area contributed by atoms with Crippen LogP contribution in [0.1, 0.15) is 44.4 Å². The van der Waals surface area contributed by atoms with Gasteiger partial charge in [0.05, 0.1) is 31.9 Å². The van der Waals surface area contributed by atoms with Crippen LogP contribution in [0.3, 0.4) is 0 Å². The number of benzene rings is 3. The summed E-state index contributed by atoms with van der Waals surface area (Å²) in [4.78, 5) is 40.7. The van der Waals surface area contributed by atoms with Crippen LogP contribution in [0.5, 0.6) is 5.75 Å². The Labute approximate surface area is 225 Å². The first-order valence-electron chi connectivity index (χ1n) is 12.8. The molecule has 3 aromatic rings. The van der Waals surface area contributed by atoms with Gasteiger partial charge in [-0.3, -0.25) is 4.79 Å². The van der Waals surface area contributed by atoms with E-state index in [2.05, 4.69) is 5.10 Å². The highest BCUT2D eigenvalue weighted by molar-refractivity contribution is 6.12. The predicted octanol–water partition coefficient (Wildman–Crippen LogP) is 3.84. The summed E-state index contributed by atoms with van der Waals surface area (Å²) in [6, 6.07) is 14.7. The van der Waals surface area contributed by atoms with Gasteiger partial charge in [-0.25, -0.2) is 14.6 Å². The van der Waals surface area contributed by atoms with Crippen LogP contribution in [0.4, 0.5) is 11.4 Å². The average molecular weight is 532 g/mol. The molecule has 0 spiro atoms. The van der Waals surface area contributed by atoms with Gasteiger partial charge in [0.1, 0.15) is 5.75 Å². The molecule has 3 aromatic carbocycles. The number of carbonyl (C=O) groups excluding carboxylic acids is 3. The summed E-state index contributed by atoms with van der Waals surface area (Å²) in [6.07, 6.45) is -1.03. The predicted molar refractivity (Wildman–Crippen MR) is 144 cm³/mol. The number of hydrogen-bond acceptors (Lipinski definition) is 9. The molecule has 2 atom stereocenters. The quantitative estimate of drug-likeness (QED) is 0.457. The van der Waals surface area contributed by atoms with Crippen LogP contribution in [0, 0.1) is 0 Å². The highest BCUT2D eigenvalue weighted by Crippen LogP contribution is 2.45. The Bertz CT molecular complexity index is 1470. The van der Waals surface area contributed by atoms with E-state index in [9.17, 15) is 19.5 Å². The molecule has 0 saturated carbocycles. The normalized spacial score (nSPS) is 18.5. The summed E-state index contributed by atoms with van der Waals surface area (Å²) in [5.41, 5.74) is 3.01. The zero-order valence-electron chi connectivity index (χ0n) is 21.9. The van der Waals surface area contributed by atoms with Gasteiger partial charge in [0.25, 0.3) is 12.1 Å². The molecule has 202 valence electrons. The largest absolute Gasteiger partial charge is 0.464 e. The van der Waals surface area contributed by atoms with E-state index in [0.717, 1.165) is 16.3 Å². The molecule has 2 aliphatic heterocycles. The van der Waals surface area contributed by atoms with Crippen LogP contribution in [-0.2, 0) is 30.5 Å². The van der Waals surface area contributed by atoms with E-state index in [0.29, 0.717) is 28.4 Å². The number of hydrogen-bond donors (Lipinski definition) is 1. The standard InChI is InChI=1S/C29H29N3O7/c1-4-37-28(35)26-25-22-12-6-18(16-33)15-19(22)7-13-23(25)39-27(29(36)38-5-2)31(26)20-8-10-21(11-9-20)32-24(34)14-17(3)30-32/h6-13,15,26-27,33H,4-5,14,16H2,1-3H3/t26?,27-/m0/s1. The van der Waals surface area contributed by atoms with E-state index < -0.39 is 24.2 Å². The Morgan fingerprint density at radius 1 is 1.00 bits per heavy atom. The second-order valence-corrected chi connectivity index (χ2v) is 9.21. The Morgan fingerprint density at radius 3 is 2.33 bits per heavy atom. The lowest BCUT2D eigenvalue weighted by atomic mass is 9.93. The molecule has 0 fully saturated rings. The number of rotatable bonds is 7. The van der Waals surface area contributed by atoms with Gasteiger partial charge >= 0.3 is 11.9 Å². The smallest absolute Gasteiger partial charge is 0.369 e. The number of esters is 2. The number of carbonyl (C=O) groups is 3. The third-order valence-electron chi connectivity index (χ3n) is 6.62. The van der Waals surface area contributed by atoms with Crippen molar-refractivity contribution in [2.45, 2.75) is 46.1 Å². The molecule has 10 nitrogen and oxygen atoms in total. The van der Waals surface area contributed by atoms with Gasteiger partial charge in [0.2, 0.25) is 0 Å². The maximum Gasteiger partial charge on any atom is 0.369 e. The van der Waals surface area contributed by atoms with Gasteiger partial charge in [-0.15, -0.1) is 0 Å². The summed E-state index contributed by atoms with van der Waals surface area (Å²) in [7, 11) is 0. The molecule has 2 heterocycles. The van der Waals surface area contributed by atoms with E-state index in [1.807, 2.05) is 18.2 Å². The number of anilines is 2. The van der Waals surface area contributed by atoms with E-state index in [1.165, 1.54) is 5.01 Å². The fraction of sp³-hybridized carbons (Fsp3) is 0.310. The Morgan fingerprint density at radius 2 is 1.69 bits per heavy atom. The zero-order valence-corrected chi connectivity index (χ0v) is 21.9. The van der Waals surface area contributed by atoms with E-state index in [1.54, 1.807) is 62.1 Å². The monoisotopic (exact) mass is 531 g/mol. The molecular weight excluding hydrogens is 502 g/mol. The lowest BCUT2D eigenvalue weighted by Crippen LogP contribution is -2.53. The molecule has 1 amide bonds. The van der Waals surface area contributed by atoms with Gasteiger partial charge in [-0.1, -0.05) is 18.2 Å². The Kier molecular flexibility index (Phi) is 7.21. The van der Waals surface area contributed by atoms with Crippen molar-refractivity contribution in [1.82, 2.24) is 0 Å². The van der Waals surface area contributed by atoms with Crippen molar-refractivity contribution < 1.29 is 33.7 Å². The van der Waals surface area contributed by atoms with Gasteiger partial charge < -0.3 is 24.2 Å². The van der Waals surface area contributed by atoms with Gasteiger partial charge in [-0.05, 0) is 73.5 Å². The van der Waals surface area contributed by atoms with Crippen LogP contribution in [0.25, 0.3) is 10.8 Å². The number of fused-ring (bicyclic) bond motifs is 3. The minimum absolute atomic E-state index is 0.123. The first-order chi connectivity index (χ1) is 18.9. The van der Waals surface area contributed by atoms with Crippen molar-refractivity contribution in [2.24, 2.45) is 5.10 Å². The Balaban J connectivity index is 1.67. The molecular formula is C29H29N3O7. The van der Waals surface area contributed by atoms with Crippen LogP contribution < -0.4 is 14.6 Å². The van der Waals surface area contributed by atoms with Crippen molar-refractivity contribution in [1.29, 1.82) is 0 Å². The maximum atomic E-state index is 13.6. The van der Waals surface area contributed by atoms with Crippen molar-refractivity contribution in [2.75, 3.05) is 23.1 Å². The highest BCUT2D eigenvalue weighted by Gasteiger charge is 2.46. The molecule has 5 rings (SSSR count). The fourth-order valence-electron chi connectivity index (χ4n) is 4.95. The molecule has 1 unspecified atom stereocenters. The fourth-order valence-corrected chi connectivity index (χ4v) is 4.95. The second kappa shape index (κ2) is 10.7. The van der Waals surface area contributed by atoms with Crippen LogP contribution in [-0.4, -0.2) is 48.1 Å². The molecule has 2 aliphatic rings. The average Bonchev–Trinajstić information content (AvgIpc) is 3.29. The lowest BCUT2D eigenvalue weighted by Gasteiger charge is -2.42. The number of aliphatic hydroxyl groups is 1. The van der Waals surface area contributed by atoms with Crippen molar-refractivity contribution in [3.8, 4) is 5.75 Å². The summed E-state index contributed by atoms with van der Waals surface area (Å²) in [5, 5.41) is 16.8. The number of hydrazone groups is 1. The SMILES string of the molecule is CCOC(=O)C1c2c(ccc3cc(CO)ccc23)O[C@@H](C(=O)OCC)N1c1ccc(N2N=C(C)CC2=O)cc1. The van der Waals surface area contributed by atoms with Crippen LogP contribution in [0.2, 0.25) is 0 Å². The molecule has 10 heteroatoms. The molecule has 0 aromatic heterocycles. The summed E-state index contributed by atoms with van der Waals surface area (Å²) < 4.78 is 17.0. The highest BCUT2D eigenvalue weighted by atomic mass is 16.6. The summed E-state index contributed by atoms with van der Waals surface area (Å²) in [6.45, 7) is 5.33. The van der Waals surface area contributed by atoms with Gasteiger partial charge in [-0.2, -0.15) is 5.10 Å². The molecule has 0 bridgehead atoms. The summed E-state index contributed by atoms with van der Waals surface area (Å²) >= 11 is 0. The zero-order chi connectivity index (χ0) is 27.7. The molecule has 0 saturated heterocycles. The third kappa shape index (κ3) is 4.79. The molecule has 39 heavy (non-hydrogen) atoms.